The minimum Gasteiger partial charge on any atom is -0.481 e. The lowest BCUT2D eigenvalue weighted by Crippen LogP contribution is -2.32. The second-order valence-corrected chi connectivity index (χ2v) is 4.00. The fraction of sp³-hybridized carbons (Fsp3) is 0.500. The number of rotatable bonds is 4. The Morgan fingerprint density at radius 2 is 2.29 bits per heavy atom. The molecule has 0 saturated carbocycles. The number of hydrogen-bond donors (Lipinski definition) is 1. The molecule has 0 atom stereocenters. The van der Waals surface area contributed by atoms with Gasteiger partial charge in [-0.05, 0) is 19.9 Å². The van der Waals surface area contributed by atoms with Gasteiger partial charge in [0.25, 0.3) is 0 Å². The highest BCUT2D eigenvalue weighted by molar-refractivity contribution is 6.18. The van der Waals surface area contributed by atoms with Crippen LogP contribution in [0.15, 0.2) is 18.3 Å². The lowest BCUT2D eigenvalue weighted by molar-refractivity contribution is 0.398. The first-order chi connectivity index (χ1) is 6.57. The predicted octanol–water partition coefficient (Wildman–Crippen LogP) is 2.52. The minimum absolute atomic E-state index is 0.131. The van der Waals surface area contributed by atoms with Gasteiger partial charge < -0.3 is 10.1 Å². The summed E-state index contributed by atoms with van der Waals surface area (Å²) < 4.78 is 5.02. The summed E-state index contributed by atoms with van der Waals surface area (Å²) in [6.07, 6.45) is 1.70. The molecule has 1 aromatic rings. The van der Waals surface area contributed by atoms with Gasteiger partial charge in [-0.25, -0.2) is 4.98 Å². The van der Waals surface area contributed by atoms with Crippen molar-refractivity contribution in [1.82, 2.24) is 4.98 Å². The van der Waals surface area contributed by atoms with Crippen molar-refractivity contribution in [2.45, 2.75) is 19.4 Å². The lowest BCUT2D eigenvalue weighted by atomic mass is 10.1. The Bertz CT molecular complexity index is 302. The third kappa shape index (κ3) is 3.07. The number of aromatic nitrogens is 1. The van der Waals surface area contributed by atoms with Gasteiger partial charge in [0, 0.05) is 29.4 Å². The van der Waals surface area contributed by atoms with E-state index in [0.29, 0.717) is 11.8 Å². The SMILES string of the molecule is COc1cc(NC(C)(C)CCl)ccn1. The molecule has 0 aliphatic heterocycles. The first kappa shape index (κ1) is 11.1. The summed E-state index contributed by atoms with van der Waals surface area (Å²) in [6.45, 7) is 4.07. The van der Waals surface area contributed by atoms with E-state index in [0.717, 1.165) is 5.69 Å². The Labute approximate surface area is 89.4 Å². The van der Waals surface area contributed by atoms with E-state index in [4.69, 9.17) is 16.3 Å². The molecule has 0 radical (unpaired) electrons. The van der Waals surface area contributed by atoms with Gasteiger partial charge in [0.05, 0.1) is 7.11 Å². The molecule has 1 rings (SSSR count). The van der Waals surface area contributed by atoms with E-state index in [9.17, 15) is 0 Å². The van der Waals surface area contributed by atoms with Gasteiger partial charge in [-0.2, -0.15) is 0 Å². The average molecular weight is 215 g/mol. The van der Waals surface area contributed by atoms with Crippen LogP contribution in [0.4, 0.5) is 5.69 Å². The molecule has 0 bridgehead atoms. The standard InChI is InChI=1S/C10H15ClN2O/c1-10(2,7-11)13-8-4-5-12-9(6-8)14-3/h4-6H,7H2,1-3H3,(H,12,13). The second-order valence-electron chi connectivity index (χ2n) is 3.73. The molecule has 0 unspecified atom stereocenters. The maximum atomic E-state index is 5.81. The number of hydrogen-bond acceptors (Lipinski definition) is 3. The van der Waals surface area contributed by atoms with E-state index < -0.39 is 0 Å². The fourth-order valence-electron chi connectivity index (χ4n) is 1.02. The average Bonchev–Trinajstić information content (AvgIpc) is 2.17. The number of ether oxygens (including phenoxy) is 1. The first-order valence-corrected chi connectivity index (χ1v) is 4.95. The van der Waals surface area contributed by atoms with Gasteiger partial charge in [0.2, 0.25) is 5.88 Å². The van der Waals surface area contributed by atoms with Crippen LogP contribution >= 0.6 is 11.6 Å². The van der Waals surface area contributed by atoms with Crippen molar-refractivity contribution in [3.05, 3.63) is 18.3 Å². The maximum absolute atomic E-state index is 5.81. The molecule has 0 spiro atoms. The molecule has 0 fully saturated rings. The minimum atomic E-state index is -0.131. The number of pyridine rings is 1. The van der Waals surface area contributed by atoms with Crippen LogP contribution in [-0.4, -0.2) is 23.5 Å². The van der Waals surface area contributed by atoms with Crippen molar-refractivity contribution in [3.63, 3.8) is 0 Å². The van der Waals surface area contributed by atoms with Crippen molar-refractivity contribution in [1.29, 1.82) is 0 Å². The monoisotopic (exact) mass is 214 g/mol. The number of nitrogens with zero attached hydrogens (tertiary/aromatic N) is 1. The van der Waals surface area contributed by atoms with Crippen LogP contribution in [0.2, 0.25) is 0 Å². The van der Waals surface area contributed by atoms with Crippen molar-refractivity contribution in [3.8, 4) is 5.88 Å². The van der Waals surface area contributed by atoms with Crippen LogP contribution in [-0.2, 0) is 0 Å². The Hall–Kier alpha value is -0.960. The van der Waals surface area contributed by atoms with Gasteiger partial charge in [-0.1, -0.05) is 0 Å². The molecule has 78 valence electrons. The van der Waals surface area contributed by atoms with Crippen molar-refractivity contribution < 1.29 is 4.74 Å². The van der Waals surface area contributed by atoms with E-state index >= 15 is 0 Å². The van der Waals surface area contributed by atoms with Crippen molar-refractivity contribution in [2.75, 3.05) is 18.3 Å². The summed E-state index contributed by atoms with van der Waals surface area (Å²) in [5, 5.41) is 3.29. The van der Waals surface area contributed by atoms with E-state index in [1.54, 1.807) is 13.3 Å². The molecule has 14 heavy (non-hydrogen) atoms. The largest absolute Gasteiger partial charge is 0.481 e. The molecule has 0 saturated heterocycles. The van der Waals surface area contributed by atoms with Crippen molar-refractivity contribution >= 4 is 17.3 Å². The maximum Gasteiger partial charge on any atom is 0.214 e. The van der Waals surface area contributed by atoms with Crippen LogP contribution in [0, 0.1) is 0 Å². The molecule has 0 aromatic carbocycles. The lowest BCUT2D eigenvalue weighted by Gasteiger charge is -2.24. The number of anilines is 1. The topological polar surface area (TPSA) is 34.1 Å². The van der Waals surface area contributed by atoms with Crippen LogP contribution < -0.4 is 10.1 Å². The molecular weight excluding hydrogens is 200 g/mol. The third-order valence-electron chi connectivity index (χ3n) is 1.76. The molecule has 0 aliphatic carbocycles. The molecule has 0 amide bonds. The third-order valence-corrected chi connectivity index (χ3v) is 2.43. The zero-order chi connectivity index (χ0) is 10.6. The van der Waals surface area contributed by atoms with Crippen LogP contribution in [0.1, 0.15) is 13.8 Å². The molecular formula is C10H15ClN2O. The number of halogens is 1. The van der Waals surface area contributed by atoms with Gasteiger partial charge in [-0.3, -0.25) is 0 Å². The molecule has 1 N–H and O–H groups in total. The number of methoxy groups -OCH3 is 1. The fourth-order valence-corrected chi connectivity index (χ4v) is 1.09. The zero-order valence-electron chi connectivity index (χ0n) is 8.67. The normalized spacial score (nSPS) is 11.1. The number of nitrogens with one attached hydrogen (secondary N) is 1. The van der Waals surface area contributed by atoms with Gasteiger partial charge in [-0.15, -0.1) is 11.6 Å². The van der Waals surface area contributed by atoms with E-state index in [1.165, 1.54) is 0 Å². The zero-order valence-corrected chi connectivity index (χ0v) is 9.43. The molecule has 3 nitrogen and oxygen atoms in total. The van der Waals surface area contributed by atoms with E-state index in [2.05, 4.69) is 10.3 Å². The van der Waals surface area contributed by atoms with E-state index in [1.807, 2.05) is 26.0 Å². The van der Waals surface area contributed by atoms with Gasteiger partial charge >= 0.3 is 0 Å². The molecule has 1 heterocycles. The van der Waals surface area contributed by atoms with Gasteiger partial charge in [0.1, 0.15) is 0 Å². The molecule has 4 heteroatoms. The summed E-state index contributed by atoms with van der Waals surface area (Å²) in [6, 6.07) is 3.73. The van der Waals surface area contributed by atoms with Crippen LogP contribution in [0.5, 0.6) is 5.88 Å². The van der Waals surface area contributed by atoms with Crippen molar-refractivity contribution in [2.24, 2.45) is 0 Å². The summed E-state index contributed by atoms with van der Waals surface area (Å²) in [4.78, 5) is 4.02. The van der Waals surface area contributed by atoms with Gasteiger partial charge in [0.15, 0.2) is 0 Å². The van der Waals surface area contributed by atoms with Crippen LogP contribution in [0.25, 0.3) is 0 Å². The smallest absolute Gasteiger partial charge is 0.214 e. The second kappa shape index (κ2) is 4.51. The molecule has 0 aliphatic rings. The first-order valence-electron chi connectivity index (χ1n) is 4.41. The quantitative estimate of drug-likeness (QED) is 0.783. The highest BCUT2D eigenvalue weighted by atomic mass is 35.5. The van der Waals surface area contributed by atoms with E-state index in [-0.39, 0.29) is 5.54 Å². The Kier molecular flexibility index (Phi) is 3.58. The summed E-state index contributed by atoms with van der Waals surface area (Å²) in [5.74, 6) is 1.14. The number of alkyl halides is 1. The summed E-state index contributed by atoms with van der Waals surface area (Å²) >= 11 is 5.81. The van der Waals surface area contributed by atoms with Crippen LogP contribution in [0.3, 0.4) is 0 Å². The summed E-state index contributed by atoms with van der Waals surface area (Å²) in [7, 11) is 1.60. The Morgan fingerprint density at radius 1 is 1.57 bits per heavy atom. The predicted molar refractivity (Wildman–Crippen MR) is 59.2 cm³/mol. The Balaban J connectivity index is 2.76. The highest BCUT2D eigenvalue weighted by Gasteiger charge is 2.15. The summed E-state index contributed by atoms with van der Waals surface area (Å²) in [5.41, 5.74) is 0.830. The molecule has 1 aromatic heterocycles. The highest BCUT2D eigenvalue weighted by Crippen LogP contribution is 2.18. The Morgan fingerprint density at radius 3 is 2.86 bits per heavy atom.